The summed E-state index contributed by atoms with van der Waals surface area (Å²) in [6.07, 6.45) is -4.36. The normalized spacial score (nSPS) is 12.2. The van der Waals surface area contributed by atoms with Crippen molar-refractivity contribution in [3.05, 3.63) is 48.0 Å². The van der Waals surface area contributed by atoms with Gasteiger partial charge in [-0.2, -0.15) is 13.2 Å². The fourth-order valence-corrected chi connectivity index (χ4v) is 3.64. The van der Waals surface area contributed by atoms with Gasteiger partial charge in [0.15, 0.2) is 5.13 Å². The minimum Gasteiger partial charge on any atom is -0.310 e. The number of imidazole rings is 1. The molecule has 0 saturated carbocycles. The Morgan fingerprint density at radius 1 is 1.08 bits per heavy atom. The molecule has 0 spiro atoms. The first-order chi connectivity index (χ1) is 12.0. The number of fused-ring (bicyclic) bond motifs is 2. The van der Waals surface area contributed by atoms with E-state index in [2.05, 4.69) is 15.3 Å². The van der Waals surface area contributed by atoms with Gasteiger partial charge < -0.3 is 9.88 Å². The van der Waals surface area contributed by atoms with Crippen molar-refractivity contribution in [2.75, 3.05) is 5.32 Å². The van der Waals surface area contributed by atoms with Gasteiger partial charge in [0, 0.05) is 6.54 Å². The second-order valence-corrected chi connectivity index (χ2v) is 6.52. The number of hydrogen-bond acceptors (Lipinski definition) is 4. The Labute approximate surface area is 144 Å². The summed E-state index contributed by atoms with van der Waals surface area (Å²) in [6.45, 7) is 2.72. The van der Waals surface area contributed by atoms with Gasteiger partial charge in [-0.15, -0.1) is 0 Å². The highest BCUT2D eigenvalue weighted by Gasteiger charge is 2.30. The molecule has 25 heavy (non-hydrogen) atoms. The number of para-hydroxylation sites is 2. The third-order valence-corrected chi connectivity index (χ3v) is 4.84. The third-order valence-electron chi connectivity index (χ3n) is 3.91. The first-order valence-electron chi connectivity index (χ1n) is 7.66. The highest BCUT2D eigenvalue weighted by Crippen LogP contribution is 2.35. The van der Waals surface area contributed by atoms with E-state index in [0.29, 0.717) is 27.8 Å². The van der Waals surface area contributed by atoms with E-state index in [0.717, 1.165) is 23.2 Å². The molecular weight excluding hydrogens is 349 g/mol. The van der Waals surface area contributed by atoms with Gasteiger partial charge >= 0.3 is 6.18 Å². The summed E-state index contributed by atoms with van der Waals surface area (Å²) in [5.74, 6) is 0.624. The van der Waals surface area contributed by atoms with Crippen molar-refractivity contribution in [2.45, 2.75) is 19.6 Å². The Morgan fingerprint density at radius 2 is 1.88 bits per heavy atom. The zero-order chi connectivity index (χ0) is 17.6. The zero-order valence-corrected chi connectivity index (χ0v) is 13.9. The highest BCUT2D eigenvalue weighted by molar-refractivity contribution is 7.22. The molecule has 1 N–H and O–H groups in total. The van der Waals surface area contributed by atoms with Gasteiger partial charge in [-0.1, -0.05) is 23.5 Å². The number of benzene rings is 2. The number of thiazole rings is 1. The van der Waals surface area contributed by atoms with E-state index in [1.165, 1.54) is 17.4 Å². The zero-order valence-electron chi connectivity index (χ0n) is 13.1. The second-order valence-electron chi connectivity index (χ2n) is 5.49. The number of nitrogens with zero attached hydrogens (tertiary/aromatic N) is 3. The molecule has 2 aromatic heterocycles. The molecule has 4 aromatic rings. The summed E-state index contributed by atoms with van der Waals surface area (Å²) in [7, 11) is 0. The van der Waals surface area contributed by atoms with Crippen LogP contribution < -0.4 is 5.32 Å². The maximum Gasteiger partial charge on any atom is 0.416 e. The van der Waals surface area contributed by atoms with Crippen LogP contribution in [0.5, 0.6) is 0 Å². The van der Waals surface area contributed by atoms with Gasteiger partial charge in [0.05, 0.1) is 26.8 Å². The Kier molecular flexibility index (Phi) is 3.64. The molecule has 4 nitrogen and oxygen atoms in total. The number of anilines is 2. The molecule has 2 aromatic carbocycles. The van der Waals surface area contributed by atoms with E-state index in [-0.39, 0.29) is 0 Å². The highest BCUT2D eigenvalue weighted by atomic mass is 32.1. The fraction of sp³-hybridized carbons (Fsp3) is 0.176. The van der Waals surface area contributed by atoms with Crippen LogP contribution in [0.2, 0.25) is 0 Å². The lowest BCUT2D eigenvalue weighted by molar-refractivity contribution is -0.137. The van der Waals surface area contributed by atoms with Gasteiger partial charge in [-0.05, 0) is 37.3 Å². The molecule has 4 rings (SSSR count). The summed E-state index contributed by atoms with van der Waals surface area (Å²) in [5.41, 5.74) is 1.70. The molecule has 0 aliphatic heterocycles. The number of aromatic nitrogens is 3. The summed E-state index contributed by atoms with van der Waals surface area (Å²) in [5, 5.41) is 3.65. The van der Waals surface area contributed by atoms with Crippen molar-refractivity contribution in [3.63, 3.8) is 0 Å². The molecule has 0 aliphatic rings. The summed E-state index contributed by atoms with van der Waals surface area (Å²) < 4.78 is 41.0. The lowest BCUT2D eigenvalue weighted by Crippen LogP contribution is -2.03. The van der Waals surface area contributed by atoms with E-state index >= 15 is 0 Å². The van der Waals surface area contributed by atoms with E-state index in [1.807, 2.05) is 35.8 Å². The third kappa shape index (κ3) is 2.82. The number of alkyl halides is 3. The topological polar surface area (TPSA) is 42.7 Å². The SMILES string of the molecule is CCn1c(Nc2nc3ccc(C(F)(F)F)cc3s2)nc2ccccc21. The van der Waals surface area contributed by atoms with Crippen LogP contribution in [0, 0.1) is 0 Å². The van der Waals surface area contributed by atoms with Gasteiger partial charge in [-0.3, -0.25) is 0 Å². The summed E-state index contributed by atoms with van der Waals surface area (Å²) in [6, 6.07) is 11.3. The molecule has 0 saturated heterocycles. The van der Waals surface area contributed by atoms with Gasteiger partial charge in [-0.25, -0.2) is 9.97 Å². The summed E-state index contributed by atoms with van der Waals surface area (Å²) >= 11 is 1.18. The molecule has 8 heteroatoms. The predicted molar refractivity (Wildman–Crippen MR) is 93.3 cm³/mol. The van der Waals surface area contributed by atoms with Crippen molar-refractivity contribution in [1.29, 1.82) is 0 Å². The molecule has 2 heterocycles. The second kappa shape index (κ2) is 5.73. The van der Waals surface area contributed by atoms with Crippen molar-refractivity contribution in [1.82, 2.24) is 14.5 Å². The fourth-order valence-electron chi connectivity index (χ4n) is 2.74. The smallest absolute Gasteiger partial charge is 0.310 e. The predicted octanol–water partition coefficient (Wildman–Crippen LogP) is 5.43. The molecule has 0 radical (unpaired) electrons. The number of hydrogen-bond donors (Lipinski definition) is 1. The Balaban J connectivity index is 1.73. The largest absolute Gasteiger partial charge is 0.416 e. The van der Waals surface area contributed by atoms with Crippen LogP contribution in [-0.2, 0) is 12.7 Å². The maximum atomic E-state index is 12.8. The van der Waals surface area contributed by atoms with Crippen LogP contribution in [0.25, 0.3) is 21.3 Å². The summed E-state index contributed by atoms with van der Waals surface area (Å²) in [4.78, 5) is 8.91. The van der Waals surface area contributed by atoms with E-state index in [1.54, 1.807) is 0 Å². The lowest BCUT2D eigenvalue weighted by Gasteiger charge is -2.05. The first kappa shape index (κ1) is 15.9. The van der Waals surface area contributed by atoms with Crippen LogP contribution in [0.3, 0.4) is 0 Å². The number of rotatable bonds is 3. The van der Waals surface area contributed by atoms with Crippen molar-refractivity contribution >= 4 is 43.7 Å². The van der Waals surface area contributed by atoms with Crippen LogP contribution in [0.15, 0.2) is 42.5 Å². The van der Waals surface area contributed by atoms with Crippen molar-refractivity contribution < 1.29 is 13.2 Å². The molecule has 0 fully saturated rings. The molecule has 0 amide bonds. The van der Waals surface area contributed by atoms with Crippen molar-refractivity contribution in [3.8, 4) is 0 Å². The van der Waals surface area contributed by atoms with E-state index in [4.69, 9.17) is 0 Å². The molecule has 128 valence electrons. The van der Waals surface area contributed by atoms with Crippen LogP contribution in [0.1, 0.15) is 12.5 Å². The van der Waals surface area contributed by atoms with Crippen LogP contribution in [0.4, 0.5) is 24.3 Å². The minimum atomic E-state index is -4.36. The molecule has 0 bridgehead atoms. The number of halogens is 3. The van der Waals surface area contributed by atoms with Crippen LogP contribution in [-0.4, -0.2) is 14.5 Å². The quantitative estimate of drug-likeness (QED) is 0.528. The van der Waals surface area contributed by atoms with Gasteiger partial charge in [0.2, 0.25) is 5.95 Å². The maximum absolute atomic E-state index is 12.8. The standard InChI is InChI=1S/C17H13F3N4S/c1-2-24-13-6-4-3-5-11(13)21-15(24)23-16-22-12-8-7-10(17(18,19)20)9-14(12)25-16/h3-9H,2H2,1H3,(H,21,22,23). The number of aryl methyl sites for hydroxylation is 1. The Bertz CT molecular complexity index is 1060. The molecule has 0 atom stereocenters. The van der Waals surface area contributed by atoms with Crippen LogP contribution >= 0.6 is 11.3 Å². The average molecular weight is 362 g/mol. The monoisotopic (exact) mass is 362 g/mol. The van der Waals surface area contributed by atoms with Gasteiger partial charge in [0.1, 0.15) is 0 Å². The van der Waals surface area contributed by atoms with E-state index in [9.17, 15) is 13.2 Å². The Hall–Kier alpha value is -2.61. The Morgan fingerprint density at radius 3 is 2.64 bits per heavy atom. The molecular formula is C17H13F3N4S. The van der Waals surface area contributed by atoms with Gasteiger partial charge in [0.25, 0.3) is 0 Å². The lowest BCUT2D eigenvalue weighted by atomic mass is 10.2. The molecule has 0 unspecified atom stereocenters. The number of nitrogens with one attached hydrogen (secondary N) is 1. The van der Waals surface area contributed by atoms with Crippen molar-refractivity contribution in [2.24, 2.45) is 0 Å². The molecule has 0 aliphatic carbocycles. The minimum absolute atomic E-state index is 0.483. The first-order valence-corrected chi connectivity index (χ1v) is 8.47. The average Bonchev–Trinajstić information content (AvgIpc) is 3.13. The van der Waals surface area contributed by atoms with E-state index < -0.39 is 11.7 Å².